The molecule has 0 heterocycles. The zero-order chi connectivity index (χ0) is 8.53. The van der Waals surface area contributed by atoms with Crippen LogP contribution >= 0.6 is 11.8 Å². The summed E-state index contributed by atoms with van der Waals surface area (Å²) in [6, 6.07) is 0. The van der Waals surface area contributed by atoms with Crippen molar-refractivity contribution in [1.82, 2.24) is 0 Å². The highest BCUT2D eigenvalue weighted by Crippen LogP contribution is 2.27. The minimum Gasteiger partial charge on any atom is -0.159 e. The highest BCUT2D eigenvalue weighted by Gasteiger charge is 2.11. The highest BCUT2D eigenvalue weighted by atomic mass is 32.2. The Morgan fingerprint density at radius 2 is 1.64 bits per heavy atom. The second-order valence-corrected chi connectivity index (χ2v) is 4.29. The minimum absolute atomic E-state index is 1.02. The topological polar surface area (TPSA) is 0 Å². The lowest BCUT2D eigenvalue weighted by Crippen LogP contribution is -2.07. The van der Waals surface area contributed by atoms with E-state index in [1.54, 1.807) is 0 Å². The first-order valence-electron chi connectivity index (χ1n) is 5.05. The third-order valence-corrected chi connectivity index (χ3v) is 3.23. The summed E-state index contributed by atoms with van der Waals surface area (Å²) in [7, 11) is 0. The zero-order valence-electron chi connectivity index (χ0n) is 8.23. The van der Waals surface area contributed by atoms with E-state index in [4.69, 9.17) is 0 Å². The van der Waals surface area contributed by atoms with Gasteiger partial charge in [0, 0.05) is 5.25 Å². The smallest absolute Gasteiger partial charge is 0.00469 e. The highest BCUT2D eigenvalue weighted by molar-refractivity contribution is 7.99. The summed E-state index contributed by atoms with van der Waals surface area (Å²) in [5, 5.41) is 1.02. The molecule has 11 heavy (non-hydrogen) atoms. The Labute approximate surface area is 76.1 Å². The van der Waals surface area contributed by atoms with Gasteiger partial charge in [0.1, 0.15) is 0 Å². The molecule has 1 aliphatic rings. The predicted octanol–water partition coefficient (Wildman–Crippen LogP) is 4.10. The van der Waals surface area contributed by atoms with Crippen LogP contribution in [-0.4, -0.2) is 11.0 Å². The van der Waals surface area contributed by atoms with Crippen LogP contribution in [0.1, 0.15) is 52.9 Å². The van der Waals surface area contributed by atoms with Gasteiger partial charge in [0.25, 0.3) is 0 Å². The first kappa shape index (κ1) is 11.4. The summed E-state index contributed by atoms with van der Waals surface area (Å²) in [5.41, 5.74) is 0. The van der Waals surface area contributed by atoms with E-state index in [1.807, 2.05) is 13.8 Å². The largest absolute Gasteiger partial charge is 0.159 e. The van der Waals surface area contributed by atoms with Crippen LogP contribution in [0, 0.1) is 0 Å². The van der Waals surface area contributed by atoms with E-state index < -0.39 is 0 Å². The van der Waals surface area contributed by atoms with E-state index in [0.29, 0.717) is 0 Å². The Morgan fingerprint density at radius 3 is 2.09 bits per heavy atom. The fourth-order valence-corrected chi connectivity index (χ4v) is 2.61. The van der Waals surface area contributed by atoms with Crippen molar-refractivity contribution in [3.05, 3.63) is 0 Å². The lowest BCUT2D eigenvalue weighted by atomic mass is 10.0. The molecule has 0 bridgehead atoms. The molecule has 0 radical (unpaired) electrons. The monoisotopic (exact) mass is 174 g/mol. The maximum atomic E-state index is 2.26. The van der Waals surface area contributed by atoms with Gasteiger partial charge < -0.3 is 0 Å². The summed E-state index contributed by atoms with van der Waals surface area (Å²) < 4.78 is 0. The van der Waals surface area contributed by atoms with Gasteiger partial charge in [-0.1, -0.05) is 40.0 Å². The Balaban J connectivity index is 0.000000461. The molecule has 68 valence electrons. The average Bonchev–Trinajstić information content (AvgIpc) is 2.11. The van der Waals surface area contributed by atoms with E-state index >= 15 is 0 Å². The van der Waals surface area contributed by atoms with E-state index in [2.05, 4.69) is 18.7 Å². The first-order valence-corrected chi connectivity index (χ1v) is 6.10. The molecule has 0 atom stereocenters. The van der Waals surface area contributed by atoms with Crippen LogP contribution in [0.25, 0.3) is 0 Å². The fourth-order valence-electron chi connectivity index (χ4n) is 1.47. The van der Waals surface area contributed by atoms with Crippen molar-refractivity contribution in [1.29, 1.82) is 0 Å². The Kier molecular flexibility index (Phi) is 8.72. The molecule has 1 heteroatoms. The summed E-state index contributed by atoms with van der Waals surface area (Å²) in [5.74, 6) is 1.31. The summed E-state index contributed by atoms with van der Waals surface area (Å²) in [4.78, 5) is 0. The van der Waals surface area contributed by atoms with Crippen LogP contribution in [0.4, 0.5) is 0 Å². The molecule has 1 fully saturated rings. The second kappa shape index (κ2) is 8.45. The minimum atomic E-state index is 1.02. The standard InChI is InChI=1S/C8H16S.C2H6/c1-2-9-8-6-4-3-5-7-8;1-2/h8H,2-7H2,1H3;1-2H3. The van der Waals surface area contributed by atoms with E-state index in [9.17, 15) is 0 Å². The first-order chi connectivity index (χ1) is 5.43. The Morgan fingerprint density at radius 1 is 1.09 bits per heavy atom. The van der Waals surface area contributed by atoms with Gasteiger partial charge in [-0.25, -0.2) is 0 Å². The molecular weight excluding hydrogens is 152 g/mol. The molecule has 0 nitrogen and oxygen atoms in total. The van der Waals surface area contributed by atoms with Crippen molar-refractivity contribution in [2.24, 2.45) is 0 Å². The van der Waals surface area contributed by atoms with Crippen LogP contribution in [-0.2, 0) is 0 Å². The van der Waals surface area contributed by atoms with Crippen molar-refractivity contribution in [2.45, 2.75) is 58.1 Å². The fraction of sp³-hybridized carbons (Fsp3) is 1.00. The summed E-state index contributed by atoms with van der Waals surface area (Å²) in [6.45, 7) is 6.26. The maximum Gasteiger partial charge on any atom is 0.00469 e. The number of hydrogen-bond donors (Lipinski definition) is 0. The van der Waals surface area contributed by atoms with Gasteiger partial charge in [-0.15, -0.1) is 0 Å². The van der Waals surface area contributed by atoms with Gasteiger partial charge in [0.15, 0.2) is 0 Å². The maximum absolute atomic E-state index is 2.26. The summed E-state index contributed by atoms with van der Waals surface area (Å²) in [6.07, 6.45) is 7.42. The molecule has 0 amide bonds. The molecule has 0 N–H and O–H groups in total. The quantitative estimate of drug-likeness (QED) is 0.607. The van der Waals surface area contributed by atoms with Crippen LogP contribution < -0.4 is 0 Å². The van der Waals surface area contributed by atoms with Crippen molar-refractivity contribution >= 4 is 11.8 Å². The van der Waals surface area contributed by atoms with Gasteiger partial charge in [-0.3, -0.25) is 0 Å². The van der Waals surface area contributed by atoms with Crippen LogP contribution in [0.2, 0.25) is 0 Å². The summed E-state index contributed by atoms with van der Waals surface area (Å²) >= 11 is 2.15. The van der Waals surface area contributed by atoms with Crippen LogP contribution in [0.3, 0.4) is 0 Å². The zero-order valence-corrected chi connectivity index (χ0v) is 9.04. The third kappa shape index (κ3) is 5.60. The van der Waals surface area contributed by atoms with Crippen molar-refractivity contribution in [3.8, 4) is 0 Å². The molecule has 1 aliphatic carbocycles. The van der Waals surface area contributed by atoms with Crippen LogP contribution in [0.15, 0.2) is 0 Å². The van der Waals surface area contributed by atoms with Gasteiger partial charge >= 0.3 is 0 Å². The van der Waals surface area contributed by atoms with E-state index in [-0.39, 0.29) is 0 Å². The van der Waals surface area contributed by atoms with Crippen molar-refractivity contribution in [2.75, 3.05) is 5.75 Å². The van der Waals surface area contributed by atoms with Crippen LogP contribution in [0.5, 0.6) is 0 Å². The molecule has 0 aromatic heterocycles. The molecule has 0 aliphatic heterocycles. The van der Waals surface area contributed by atoms with E-state index in [1.165, 1.54) is 37.9 Å². The number of thioether (sulfide) groups is 1. The van der Waals surface area contributed by atoms with Gasteiger partial charge in [-0.2, -0.15) is 11.8 Å². The average molecular weight is 174 g/mol. The molecule has 0 aromatic carbocycles. The van der Waals surface area contributed by atoms with Crippen molar-refractivity contribution < 1.29 is 0 Å². The SMILES string of the molecule is CC.CCSC1CCCCC1. The predicted molar refractivity (Wildman–Crippen MR) is 56.4 cm³/mol. The Hall–Kier alpha value is 0.350. The lowest BCUT2D eigenvalue weighted by molar-refractivity contribution is 0.516. The molecule has 0 unspecified atom stereocenters. The lowest BCUT2D eigenvalue weighted by Gasteiger charge is -2.19. The van der Waals surface area contributed by atoms with Gasteiger partial charge in [0.2, 0.25) is 0 Å². The van der Waals surface area contributed by atoms with Gasteiger partial charge in [-0.05, 0) is 18.6 Å². The molecule has 0 spiro atoms. The normalized spacial score (nSPS) is 18.8. The molecule has 1 saturated carbocycles. The van der Waals surface area contributed by atoms with E-state index in [0.717, 1.165) is 5.25 Å². The molecule has 0 saturated heterocycles. The molecular formula is C10H22S. The van der Waals surface area contributed by atoms with Gasteiger partial charge in [0.05, 0.1) is 0 Å². The second-order valence-electron chi connectivity index (χ2n) is 2.72. The molecule has 0 aromatic rings. The third-order valence-electron chi connectivity index (χ3n) is 1.95. The number of hydrogen-bond acceptors (Lipinski definition) is 1. The van der Waals surface area contributed by atoms with Crippen molar-refractivity contribution in [3.63, 3.8) is 0 Å². The number of rotatable bonds is 2. The molecule has 1 rings (SSSR count). The Bertz CT molecular complexity index is 62.5.